The van der Waals surface area contributed by atoms with Crippen LogP contribution in [0.2, 0.25) is 0 Å². The molecule has 2 N–H and O–H groups in total. The minimum absolute atomic E-state index is 0.0874. The Morgan fingerprint density at radius 1 is 0.868 bits per heavy atom. The molecule has 0 aliphatic carbocycles. The minimum atomic E-state index is -0.671. The number of ether oxygens (including phenoxy) is 1. The van der Waals surface area contributed by atoms with Crippen molar-refractivity contribution >= 4 is 35.4 Å². The van der Waals surface area contributed by atoms with Crippen LogP contribution in [0.25, 0.3) is 0 Å². The lowest BCUT2D eigenvalue weighted by Gasteiger charge is -2.05. The van der Waals surface area contributed by atoms with Crippen molar-refractivity contribution in [2.75, 3.05) is 6.54 Å². The summed E-state index contributed by atoms with van der Waals surface area (Å²) in [4.78, 5) is 56.5. The number of nitrogens with one attached hydrogen (secondary N) is 2. The van der Waals surface area contributed by atoms with E-state index in [1.54, 1.807) is 12.1 Å². The molecule has 0 aliphatic rings. The highest BCUT2D eigenvalue weighted by atomic mass is 16.6. The SMILES string of the molecule is O=C(CCCNC(=O)c1cccc([N+](=O)[O-])c1)N/N=C\c1ccc(OC(=O)c2ccc([N+](=O)[O-])cc2)cc1. The lowest BCUT2D eigenvalue weighted by atomic mass is 10.2. The molecule has 0 aliphatic heterocycles. The van der Waals surface area contributed by atoms with Crippen molar-refractivity contribution in [3.05, 3.63) is 110 Å². The van der Waals surface area contributed by atoms with E-state index < -0.39 is 21.7 Å². The summed E-state index contributed by atoms with van der Waals surface area (Å²) < 4.78 is 5.23. The van der Waals surface area contributed by atoms with Crippen LogP contribution in [-0.4, -0.2) is 40.4 Å². The van der Waals surface area contributed by atoms with Gasteiger partial charge in [-0.25, -0.2) is 10.2 Å². The second kappa shape index (κ2) is 13.0. The first-order valence-electron chi connectivity index (χ1n) is 11.1. The lowest BCUT2D eigenvalue weighted by molar-refractivity contribution is -0.385. The molecule has 0 aromatic heterocycles. The third kappa shape index (κ3) is 8.05. The van der Waals surface area contributed by atoms with Crippen molar-refractivity contribution in [3.63, 3.8) is 0 Å². The first kappa shape index (κ1) is 27.1. The number of hydrogen-bond acceptors (Lipinski definition) is 9. The monoisotopic (exact) mass is 519 g/mol. The number of benzene rings is 3. The van der Waals surface area contributed by atoms with E-state index in [1.165, 1.54) is 66.9 Å². The van der Waals surface area contributed by atoms with E-state index in [2.05, 4.69) is 15.8 Å². The predicted octanol–water partition coefficient (Wildman–Crippen LogP) is 3.38. The van der Waals surface area contributed by atoms with Crippen LogP contribution in [0.4, 0.5) is 11.4 Å². The third-order valence-corrected chi connectivity index (χ3v) is 4.99. The van der Waals surface area contributed by atoms with Gasteiger partial charge in [0.25, 0.3) is 17.3 Å². The third-order valence-electron chi connectivity index (χ3n) is 4.99. The van der Waals surface area contributed by atoms with Crippen molar-refractivity contribution in [2.45, 2.75) is 12.8 Å². The number of hydrogen-bond donors (Lipinski definition) is 2. The number of nitrogens with zero attached hydrogens (tertiary/aromatic N) is 3. The summed E-state index contributed by atoms with van der Waals surface area (Å²) in [6.45, 7) is 0.193. The molecule has 13 nitrogen and oxygen atoms in total. The molecular formula is C25H21N5O8. The van der Waals surface area contributed by atoms with Crippen LogP contribution in [0, 0.1) is 20.2 Å². The van der Waals surface area contributed by atoms with Gasteiger partial charge in [0.05, 0.1) is 21.6 Å². The van der Waals surface area contributed by atoms with Crippen molar-refractivity contribution < 1.29 is 29.0 Å². The smallest absolute Gasteiger partial charge is 0.343 e. The molecular weight excluding hydrogens is 498 g/mol. The van der Waals surface area contributed by atoms with Crippen molar-refractivity contribution in [1.29, 1.82) is 0 Å². The summed E-state index contributed by atoms with van der Waals surface area (Å²) in [6, 6.07) is 16.6. The Kier molecular flexibility index (Phi) is 9.29. The molecule has 0 radical (unpaired) electrons. The number of hydrazone groups is 1. The molecule has 0 unspecified atom stereocenters. The Balaban J connectivity index is 1.38. The van der Waals surface area contributed by atoms with Crippen LogP contribution in [0.5, 0.6) is 5.75 Å². The maximum absolute atomic E-state index is 12.2. The van der Waals surface area contributed by atoms with E-state index in [0.717, 1.165) is 0 Å². The van der Waals surface area contributed by atoms with Crippen molar-refractivity contribution in [2.24, 2.45) is 5.10 Å². The quantitative estimate of drug-likeness (QED) is 0.0964. The fourth-order valence-electron chi connectivity index (χ4n) is 3.06. The number of non-ortho nitro benzene ring substituents is 2. The van der Waals surface area contributed by atoms with Gasteiger partial charge in [0, 0.05) is 42.8 Å². The molecule has 13 heteroatoms. The minimum Gasteiger partial charge on any atom is -0.423 e. The van der Waals surface area contributed by atoms with Gasteiger partial charge in [0.1, 0.15) is 5.75 Å². The standard InChI is InChI=1S/C25H21N5O8/c31-23(5-2-14-26-24(32)19-3-1-4-21(15-19)30(36)37)28-27-16-17-6-12-22(13-7-17)38-25(33)18-8-10-20(11-9-18)29(34)35/h1,3-4,6-13,15-16H,2,5,14H2,(H,26,32)(H,28,31)/b27-16-. The van der Waals surface area contributed by atoms with E-state index in [4.69, 9.17) is 4.74 Å². The average molecular weight is 519 g/mol. The average Bonchev–Trinajstić information content (AvgIpc) is 2.92. The van der Waals surface area contributed by atoms with Gasteiger partial charge in [0.2, 0.25) is 5.91 Å². The highest BCUT2D eigenvalue weighted by molar-refractivity contribution is 5.94. The van der Waals surface area contributed by atoms with Gasteiger partial charge in [-0.15, -0.1) is 0 Å². The first-order valence-corrected chi connectivity index (χ1v) is 11.1. The van der Waals surface area contributed by atoms with Crippen LogP contribution in [0.15, 0.2) is 77.9 Å². The van der Waals surface area contributed by atoms with E-state index in [1.807, 2.05) is 0 Å². The van der Waals surface area contributed by atoms with Crippen molar-refractivity contribution in [3.8, 4) is 5.75 Å². The van der Waals surface area contributed by atoms with Crippen LogP contribution in [0.3, 0.4) is 0 Å². The molecule has 38 heavy (non-hydrogen) atoms. The fraction of sp³-hybridized carbons (Fsp3) is 0.120. The Labute approximate surface area is 215 Å². The number of nitro benzene ring substituents is 2. The molecule has 0 fully saturated rings. The Morgan fingerprint density at radius 3 is 2.21 bits per heavy atom. The lowest BCUT2D eigenvalue weighted by Crippen LogP contribution is -2.26. The number of carbonyl (C=O) groups excluding carboxylic acids is 3. The van der Waals surface area contributed by atoms with E-state index in [-0.39, 0.29) is 47.1 Å². The van der Waals surface area contributed by atoms with Crippen LogP contribution in [0.1, 0.15) is 39.1 Å². The molecule has 0 saturated carbocycles. The number of esters is 1. The van der Waals surface area contributed by atoms with E-state index in [9.17, 15) is 34.6 Å². The molecule has 2 amide bonds. The molecule has 0 saturated heterocycles. The molecule has 3 rings (SSSR count). The Bertz CT molecular complexity index is 1370. The van der Waals surface area contributed by atoms with Gasteiger partial charge < -0.3 is 10.1 Å². The second-order valence-corrected chi connectivity index (χ2v) is 7.72. The number of carbonyl (C=O) groups is 3. The zero-order valence-electron chi connectivity index (χ0n) is 19.7. The first-order chi connectivity index (χ1) is 18.2. The number of rotatable bonds is 11. The summed E-state index contributed by atoms with van der Waals surface area (Å²) in [7, 11) is 0. The molecule has 194 valence electrons. The Hall–Kier alpha value is -5.46. The van der Waals surface area contributed by atoms with Crippen LogP contribution < -0.4 is 15.5 Å². The summed E-state index contributed by atoms with van der Waals surface area (Å²) in [5.74, 6) is -1.27. The van der Waals surface area contributed by atoms with Gasteiger partial charge >= 0.3 is 5.97 Å². The van der Waals surface area contributed by atoms with Gasteiger partial charge in [-0.1, -0.05) is 6.07 Å². The number of amides is 2. The molecule has 0 atom stereocenters. The maximum atomic E-state index is 12.2. The fourth-order valence-corrected chi connectivity index (χ4v) is 3.06. The topological polar surface area (TPSA) is 183 Å². The van der Waals surface area contributed by atoms with Crippen molar-refractivity contribution in [1.82, 2.24) is 10.7 Å². The molecule has 3 aromatic rings. The highest BCUT2D eigenvalue weighted by Crippen LogP contribution is 2.16. The maximum Gasteiger partial charge on any atom is 0.343 e. The second-order valence-electron chi connectivity index (χ2n) is 7.72. The van der Waals surface area contributed by atoms with E-state index in [0.29, 0.717) is 12.0 Å². The van der Waals surface area contributed by atoms with Gasteiger partial charge in [-0.2, -0.15) is 5.10 Å². The van der Waals surface area contributed by atoms with Gasteiger partial charge in [-0.05, 0) is 54.4 Å². The predicted molar refractivity (Wildman–Crippen MR) is 135 cm³/mol. The summed E-state index contributed by atoms with van der Waals surface area (Å²) in [5.41, 5.74) is 2.97. The zero-order valence-corrected chi connectivity index (χ0v) is 19.7. The summed E-state index contributed by atoms with van der Waals surface area (Å²) in [5, 5.41) is 27.9. The summed E-state index contributed by atoms with van der Waals surface area (Å²) >= 11 is 0. The van der Waals surface area contributed by atoms with E-state index >= 15 is 0 Å². The van der Waals surface area contributed by atoms with Gasteiger partial charge in [-0.3, -0.25) is 29.8 Å². The van der Waals surface area contributed by atoms with Crippen LogP contribution >= 0.6 is 0 Å². The summed E-state index contributed by atoms with van der Waals surface area (Å²) in [6.07, 6.45) is 1.81. The zero-order chi connectivity index (χ0) is 27.5. The highest BCUT2D eigenvalue weighted by Gasteiger charge is 2.12. The Morgan fingerprint density at radius 2 is 1.55 bits per heavy atom. The van der Waals surface area contributed by atoms with Gasteiger partial charge in [0.15, 0.2) is 0 Å². The normalized spacial score (nSPS) is 10.5. The largest absolute Gasteiger partial charge is 0.423 e. The molecule has 0 bridgehead atoms. The van der Waals surface area contributed by atoms with Crippen LogP contribution in [-0.2, 0) is 4.79 Å². The molecule has 0 spiro atoms. The number of nitro groups is 2. The molecule has 3 aromatic carbocycles. The molecule has 0 heterocycles.